The minimum absolute atomic E-state index is 0. The molecule has 0 saturated carbocycles. The van der Waals surface area contributed by atoms with Gasteiger partial charge in [-0.05, 0) is 0 Å². The molecular weight excluding hydrogens is 197 g/mol. The number of hydrogen-bond donors (Lipinski definition) is 0. The molecule has 38 valence electrons. The molecular formula is H3AlCl4Si. The molecule has 0 N–H and O–H groups in total. The van der Waals surface area contributed by atoms with Crippen LogP contribution in [0.15, 0.2) is 0 Å². The van der Waals surface area contributed by atoms with Crippen molar-refractivity contribution in [3.05, 3.63) is 0 Å². The fourth-order valence-electron chi connectivity index (χ4n) is 0. The van der Waals surface area contributed by atoms with Crippen molar-refractivity contribution < 1.29 is 0 Å². The van der Waals surface area contributed by atoms with Crippen molar-refractivity contribution in [2.24, 2.45) is 0 Å². The predicted molar refractivity (Wildman–Crippen MR) is 39.1 cm³/mol. The van der Waals surface area contributed by atoms with Gasteiger partial charge in [-0.3, -0.25) is 0 Å². The highest BCUT2D eigenvalue weighted by atomic mass is 36.0. The van der Waals surface area contributed by atoms with Crippen LogP contribution in [0.25, 0.3) is 0 Å². The van der Waals surface area contributed by atoms with Gasteiger partial charge in [0, 0.05) is 0 Å². The third-order valence-corrected chi connectivity index (χ3v) is 0. The molecule has 0 rings (SSSR count). The number of hydrogen-bond acceptors (Lipinski definition) is 0. The quantitative estimate of drug-likeness (QED) is 0.407. The van der Waals surface area contributed by atoms with E-state index < -0.39 is 5.31 Å². The Labute approximate surface area is 66.7 Å². The smallest absolute Gasteiger partial charge is 0.110 e. The van der Waals surface area contributed by atoms with Crippen molar-refractivity contribution in [1.82, 2.24) is 0 Å². The Balaban J connectivity index is 0. The summed E-state index contributed by atoms with van der Waals surface area (Å²) in [4.78, 5) is 0. The first-order chi connectivity index (χ1) is 2.00. The highest BCUT2D eigenvalue weighted by Gasteiger charge is 2.19. The van der Waals surface area contributed by atoms with Gasteiger partial charge in [0.05, 0.1) is 0 Å². The number of rotatable bonds is 0. The zero-order chi connectivity index (χ0) is 4.50. The van der Waals surface area contributed by atoms with Gasteiger partial charge in [-0.15, -0.1) is 44.3 Å². The van der Waals surface area contributed by atoms with Crippen molar-refractivity contribution in [3.63, 3.8) is 0 Å². The lowest BCUT2D eigenvalue weighted by Crippen LogP contribution is -1.91. The maximum absolute atomic E-state index is 4.97. The lowest BCUT2D eigenvalue weighted by molar-refractivity contribution is 3.80. The summed E-state index contributed by atoms with van der Waals surface area (Å²) in [5.74, 6) is 0. The Morgan fingerprint density at radius 1 is 0.833 bits per heavy atom. The first kappa shape index (κ1) is 10.8. The van der Waals surface area contributed by atoms with Crippen molar-refractivity contribution in [2.45, 2.75) is 0 Å². The minimum Gasteiger partial charge on any atom is -0.110 e. The Bertz CT molecular complexity index is 23.0. The van der Waals surface area contributed by atoms with Gasteiger partial charge in [-0.1, -0.05) is 0 Å². The molecule has 0 aromatic carbocycles. The van der Waals surface area contributed by atoms with E-state index in [0.717, 1.165) is 0 Å². The zero-order valence-electron chi connectivity index (χ0n) is 2.01. The number of halogens is 4. The van der Waals surface area contributed by atoms with Crippen LogP contribution in [0, 0.1) is 0 Å². The Kier molecular flexibility index (Phi) is 6.95. The first-order valence-electron chi connectivity index (χ1n) is 0.756. The molecule has 0 fully saturated rings. The molecule has 0 aromatic rings. The molecule has 0 aromatic heterocycles. The van der Waals surface area contributed by atoms with Gasteiger partial charge < -0.3 is 0 Å². The molecule has 0 saturated heterocycles. The molecule has 6 heteroatoms. The molecule has 0 atom stereocenters. The van der Waals surface area contributed by atoms with Crippen molar-refractivity contribution in [1.29, 1.82) is 0 Å². The molecule has 0 radical (unpaired) electrons. The van der Waals surface area contributed by atoms with Crippen LogP contribution >= 0.6 is 44.3 Å². The molecule has 0 spiro atoms. The van der Waals surface area contributed by atoms with E-state index in [0.29, 0.717) is 0 Å². The monoisotopic (exact) mass is 198 g/mol. The van der Waals surface area contributed by atoms with Crippen LogP contribution in [0.2, 0.25) is 0 Å². The van der Waals surface area contributed by atoms with Gasteiger partial charge in [-0.2, -0.15) is 0 Å². The van der Waals surface area contributed by atoms with E-state index in [1.165, 1.54) is 0 Å². The van der Waals surface area contributed by atoms with Gasteiger partial charge >= 0.3 is 5.31 Å². The summed E-state index contributed by atoms with van der Waals surface area (Å²) < 4.78 is 0. The molecule has 0 aliphatic carbocycles. The molecule has 0 aliphatic rings. The molecule has 0 bridgehead atoms. The van der Waals surface area contributed by atoms with Gasteiger partial charge in [0.1, 0.15) is 0 Å². The lowest BCUT2D eigenvalue weighted by Gasteiger charge is -1.85. The Morgan fingerprint density at radius 2 is 0.833 bits per heavy atom. The summed E-state index contributed by atoms with van der Waals surface area (Å²) in [5.41, 5.74) is 0. The summed E-state index contributed by atoms with van der Waals surface area (Å²) in [5, 5.41) is -2.72. The largest absolute Gasteiger partial charge is 0.440 e. The summed E-state index contributed by atoms with van der Waals surface area (Å²) >= 11 is 19.9. The summed E-state index contributed by atoms with van der Waals surface area (Å²) in [6.45, 7) is 0. The molecule has 0 unspecified atom stereocenters. The van der Waals surface area contributed by atoms with Gasteiger partial charge in [-0.25, -0.2) is 0 Å². The third kappa shape index (κ3) is 39.1. The Hall–Kier alpha value is 1.91. The molecule has 0 nitrogen and oxygen atoms in total. The summed E-state index contributed by atoms with van der Waals surface area (Å²) in [6, 6.07) is 0. The third-order valence-electron chi connectivity index (χ3n) is 0. The molecule has 0 amide bonds. The van der Waals surface area contributed by atoms with Crippen LogP contribution in [0.3, 0.4) is 0 Å². The van der Waals surface area contributed by atoms with Crippen molar-refractivity contribution >= 4 is 67.0 Å². The predicted octanol–water partition coefficient (Wildman–Crippen LogP) is 1.19. The van der Waals surface area contributed by atoms with E-state index in [2.05, 4.69) is 0 Å². The standard InChI is InChI=1S/Al.Cl4Si.3H/c;1-5(2,3)4;;;. The van der Waals surface area contributed by atoms with E-state index in [9.17, 15) is 0 Å². The fourth-order valence-corrected chi connectivity index (χ4v) is 0. The lowest BCUT2D eigenvalue weighted by atomic mass is 27.0. The Morgan fingerprint density at radius 3 is 0.833 bits per heavy atom. The minimum atomic E-state index is -2.72. The summed E-state index contributed by atoms with van der Waals surface area (Å²) in [6.07, 6.45) is 0. The van der Waals surface area contributed by atoms with E-state index in [4.69, 9.17) is 44.3 Å². The van der Waals surface area contributed by atoms with Crippen LogP contribution in [-0.4, -0.2) is 22.7 Å². The van der Waals surface area contributed by atoms with Gasteiger partial charge in [0.15, 0.2) is 17.4 Å². The van der Waals surface area contributed by atoms with Crippen LogP contribution in [0.5, 0.6) is 0 Å². The molecule has 0 heterocycles. The summed E-state index contributed by atoms with van der Waals surface area (Å²) in [7, 11) is 0. The second-order valence-electron chi connectivity index (χ2n) is 0.429. The van der Waals surface area contributed by atoms with Crippen molar-refractivity contribution in [3.8, 4) is 0 Å². The van der Waals surface area contributed by atoms with E-state index in [1.807, 2.05) is 0 Å². The van der Waals surface area contributed by atoms with Crippen LogP contribution in [-0.2, 0) is 0 Å². The van der Waals surface area contributed by atoms with Crippen LogP contribution < -0.4 is 0 Å². The van der Waals surface area contributed by atoms with Gasteiger partial charge in [0.25, 0.3) is 0 Å². The average Bonchev–Trinajstić information content (AvgIpc) is 0.722. The van der Waals surface area contributed by atoms with Crippen LogP contribution in [0.1, 0.15) is 0 Å². The normalized spacial score (nSPS) is 10.0. The topological polar surface area (TPSA) is 0 Å². The second-order valence-corrected chi connectivity index (χ2v) is 11.6. The fraction of sp³-hybridized carbons (Fsp3) is 0. The molecule has 6 heavy (non-hydrogen) atoms. The van der Waals surface area contributed by atoms with Crippen LogP contribution in [0.4, 0.5) is 0 Å². The first-order valence-corrected chi connectivity index (χ1v) is 6.80. The highest BCUT2D eigenvalue weighted by Crippen LogP contribution is 2.23. The SMILES string of the molecule is Cl[Si](Cl)(Cl)Cl.[AlH3]. The maximum atomic E-state index is 4.97. The second kappa shape index (κ2) is 3.86. The van der Waals surface area contributed by atoms with E-state index in [1.54, 1.807) is 0 Å². The maximum Gasteiger partial charge on any atom is 0.440 e. The van der Waals surface area contributed by atoms with E-state index >= 15 is 0 Å². The highest BCUT2D eigenvalue weighted by molar-refractivity contribution is 7.81. The van der Waals surface area contributed by atoms with E-state index in [-0.39, 0.29) is 17.4 Å². The molecule has 0 aliphatic heterocycles. The van der Waals surface area contributed by atoms with Gasteiger partial charge in [0.2, 0.25) is 0 Å². The zero-order valence-corrected chi connectivity index (χ0v) is 6.04. The van der Waals surface area contributed by atoms with Crippen molar-refractivity contribution in [2.75, 3.05) is 0 Å². The average molecular weight is 200 g/mol.